The van der Waals surface area contributed by atoms with Crippen LogP contribution in [-0.2, 0) is 0 Å². The lowest BCUT2D eigenvalue weighted by molar-refractivity contribution is -0.384. The molecule has 1 saturated carbocycles. The zero-order valence-electron chi connectivity index (χ0n) is 10.2. The van der Waals surface area contributed by atoms with Crippen molar-refractivity contribution < 1.29 is 14.1 Å². The summed E-state index contributed by atoms with van der Waals surface area (Å²) < 4.78 is 13.7. The van der Waals surface area contributed by atoms with E-state index >= 15 is 0 Å². The highest BCUT2D eigenvalue weighted by Crippen LogP contribution is 2.28. The number of benzene rings is 1. The minimum Gasteiger partial charge on any atom is -0.392 e. The predicted octanol–water partition coefficient (Wildman–Crippen LogP) is 1.99. The SMILES string of the molecule is Nc1c([N+](=O)[O-])ccc(F)c1C(=O)NC1CCCC1. The first-order valence-electron chi connectivity index (χ1n) is 6.04. The largest absolute Gasteiger partial charge is 0.392 e. The second-order valence-electron chi connectivity index (χ2n) is 4.57. The van der Waals surface area contributed by atoms with Crippen LogP contribution in [0.2, 0.25) is 0 Å². The average Bonchev–Trinajstić information content (AvgIpc) is 2.81. The molecular weight excluding hydrogens is 253 g/mol. The molecule has 1 amide bonds. The van der Waals surface area contributed by atoms with Gasteiger partial charge in [0.2, 0.25) is 0 Å². The molecule has 1 aliphatic rings. The summed E-state index contributed by atoms with van der Waals surface area (Å²) in [4.78, 5) is 22.0. The number of halogens is 1. The number of nitrogens with zero attached hydrogens (tertiary/aromatic N) is 1. The molecule has 2 rings (SSSR count). The summed E-state index contributed by atoms with van der Waals surface area (Å²) in [6.07, 6.45) is 3.69. The summed E-state index contributed by atoms with van der Waals surface area (Å²) in [5.74, 6) is -1.54. The van der Waals surface area contributed by atoms with Crippen LogP contribution in [0.3, 0.4) is 0 Å². The summed E-state index contributed by atoms with van der Waals surface area (Å²) in [6.45, 7) is 0. The molecule has 1 aromatic rings. The van der Waals surface area contributed by atoms with Crippen LogP contribution in [0.1, 0.15) is 36.0 Å². The Hall–Kier alpha value is -2.18. The van der Waals surface area contributed by atoms with Gasteiger partial charge in [-0.15, -0.1) is 0 Å². The molecular formula is C12H14FN3O3. The van der Waals surface area contributed by atoms with Crippen LogP contribution in [0.5, 0.6) is 0 Å². The molecule has 0 saturated heterocycles. The van der Waals surface area contributed by atoms with Crippen molar-refractivity contribution in [1.82, 2.24) is 5.32 Å². The van der Waals surface area contributed by atoms with E-state index in [1.165, 1.54) is 0 Å². The number of nitrogens with one attached hydrogen (secondary N) is 1. The second kappa shape index (κ2) is 5.21. The van der Waals surface area contributed by atoms with Gasteiger partial charge >= 0.3 is 0 Å². The van der Waals surface area contributed by atoms with Gasteiger partial charge < -0.3 is 11.1 Å². The lowest BCUT2D eigenvalue weighted by Gasteiger charge is -2.13. The van der Waals surface area contributed by atoms with Gasteiger partial charge in [0.05, 0.1) is 4.92 Å². The number of nitro benzene ring substituents is 1. The van der Waals surface area contributed by atoms with Gasteiger partial charge in [0.25, 0.3) is 11.6 Å². The molecule has 0 radical (unpaired) electrons. The Morgan fingerprint density at radius 1 is 1.42 bits per heavy atom. The van der Waals surface area contributed by atoms with E-state index in [-0.39, 0.29) is 6.04 Å². The first kappa shape index (κ1) is 13.3. The molecule has 1 fully saturated rings. The van der Waals surface area contributed by atoms with Crippen molar-refractivity contribution >= 4 is 17.3 Å². The zero-order valence-corrected chi connectivity index (χ0v) is 10.2. The number of carbonyl (C=O) groups excluding carboxylic acids is 1. The van der Waals surface area contributed by atoms with Crippen molar-refractivity contribution in [3.05, 3.63) is 33.6 Å². The first-order valence-corrected chi connectivity index (χ1v) is 6.04. The number of hydrogen-bond acceptors (Lipinski definition) is 4. The van der Waals surface area contributed by atoms with Crippen molar-refractivity contribution in [3.8, 4) is 0 Å². The minimum atomic E-state index is -0.849. The van der Waals surface area contributed by atoms with E-state index in [9.17, 15) is 19.3 Å². The number of rotatable bonds is 3. The highest BCUT2D eigenvalue weighted by Gasteiger charge is 2.26. The highest BCUT2D eigenvalue weighted by atomic mass is 19.1. The fraction of sp³-hybridized carbons (Fsp3) is 0.417. The molecule has 19 heavy (non-hydrogen) atoms. The predicted molar refractivity (Wildman–Crippen MR) is 67.2 cm³/mol. The molecule has 1 aliphatic carbocycles. The lowest BCUT2D eigenvalue weighted by Crippen LogP contribution is -2.33. The van der Waals surface area contributed by atoms with E-state index < -0.39 is 33.6 Å². The van der Waals surface area contributed by atoms with Gasteiger partial charge in [-0.3, -0.25) is 14.9 Å². The van der Waals surface area contributed by atoms with Crippen LogP contribution < -0.4 is 11.1 Å². The molecule has 7 heteroatoms. The van der Waals surface area contributed by atoms with Gasteiger partial charge in [-0.25, -0.2) is 4.39 Å². The number of nitro groups is 1. The highest BCUT2D eigenvalue weighted by molar-refractivity contribution is 6.01. The number of nitrogens with two attached hydrogens (primary N) is 1. The standard InChI is InChI=1S/C12H14FN3O3/c13-8-5-6-9(16(18)19)11(14)10(8)12(17)15-7-3-1-2-4-7/h5-7H,1-4,14H2,(H,15,17). The van der Waals surface area contributed by atoms with Gasteiger partial charge in [0.1, 0.15) is 17.1 Å². The molecule has 1 aromatic carbocycles. The smallest absolute Gasteiger partial charge is 0.293 e. The maximum Gasteiger partial charge on any atom is 0.293 e. The third-order valence-corrected chi connectivity index (χ3v) is 3.29. The Labute approximate surface area is 108 Å². The maximum absolute atomic E-state index is 13.7. The number of carbonyl (C=O) groups is 1. The van der Waals surface area contributed by atoms with Crippen LogP contribution >= 0.6 is 0 Å². The Balaban J connectivity index is 2.29. The number of anilines is 1. The van der Waals surface area contributed by atoms with E-state index in [4.69, 9.17) is 5.73 Å². The fourth-order valence-electron chi connectivity index (χ4n) is 2.30. The third kappa shape index (κ3) is 2.64. The lowest BCUT2D eigenvalue weighted by atomic mass is 10.1. The Morgan fingerprint density at radius 3 is 2.63 bits per heavy atom. The van der Waals surface area contributed by atoms with Crippen LogP contribution in [-0.4, -0.2) is 16.9 Å². The first-order chi connectivity index (χ1) is 9.00. The van der Waals surface area contributed by atoms with E-state index in [0.717, 1.165) is 37.8 Å². The fourth-order valence-corrected chi connectivity index (χ4v) is 2.30. The summed E-state index contributed by atoms with van der Waals surface area (Å²) in [7, 11) is 0. The molecule has 3 N–H and O–H groups in total. The van der Waals surface area contributed by atoms with Crippen molar-refractivity contribution in [2.45, 2.75) is 31.7 Å². The van der Waals surface area contributed by atoms with Crippen molar-refractivity contribution in [2.75, 3.05) is 5.73 Å². The Kier molecular flexibility index (Phi) is 3.64. The van der Waals surface area contributed by atoms with Crippen LogP contribution in [0, 0.1) is 15.9 Å². The molecule has 0 atom stereocenters. The summed E-state index contributed by atoms with van der Waals surface area (Å²) in [6, 6.07) is 1.83. The summed E-state index contributed by atoms with van der Waals surface area (Å²) in [5.41, 5.74) is 4.18. The normalized spacial score (nSPS) is 15.4. The number of nitrogen functional groups attached to an aromatic ring is 1. The quantitative estimate of drug-likeness (QED) is 0.497. The van der Waals surface area contributed by atoms with Gasteiger partial charge in [0, 0.05) is 12.1 Å². The minimum absolute atomic E-state index is 0.00874. The zero-order chi connectivity index (χ0) is 14.0. The molecule has 0 aliphatic heterocycles. The Bertz CT molecular complexity index is 527. The average molecular weight is 267 g/mol. The molecule has 0 aromatic heterocycles. The molecule has 6 nitrogen and oxygen atoms in total. The van der Waals surface area contributed by atoms with Crippen LogP contribution in [0.25, 0.3) is 0 Å². The van der Waals surface area contributed by atoms with Crippen LogP contribution in [0.15, 0.2) is 12.1 Å². The molecule has 0 heterocycles. The van der Waals surface area contributed by atoms with Crippen molar-refractivity contribution in [2.24, 2.45) is 0 Å². The van der Waals surface area contributed by atoms with E-state index in [2.05, 4.69) is 5.32 Å². The second-order valence-corrected chi connectivity index (χ2v) is 4.57. The van der Waals surface area contributed by atoms with Crippen molar-refractivity contribution in [1.29, 1.82) is 0 Å². The molecule has 102 valence electrons. The van der Waals surface area contributed by atoms with Gasteiger partial charge in [-0.2, -0.15) is 0 Å². The van der Waals surface area contributed by atoms with E-state index in [0.29, 0.717) is 0 Å². The van der Waals surface area contributed by atoms with Crippen LogP contribution in [0.4, 0.5) is 15.8 Å². The number of hydrogen-bond donors (Lipinski definition) is 2. The number of amides is 1. The Morgan fingerprint density at radius 2 is 2.05 bits per heavy atom. The summed E-state index contributed by atoms with van der Waals surface area (Å²) in [5, 5.41) is 13.4. The van der Waals surface area contributed by atoms with E-state index in [1.54, 1.807) is 0 Å². The summed E-state index contributed by atoms with van der Waals surface area (Å²) >= 11 is 0. The van der Waals surface area contributed by atoms with Crippen molar-refractivity contribution in [3.63, 3.8) is 0 Å². The third-order valence-electron chi connectivity index (χ3n) is 3.29. The van der Waals surface area contributed by atoms with E-state index in [1.807, 2.05) is 0 Å². The molecule has 0 spiro atoms. The molecule has 0 unspecified atom stereocenters. The monoisotopic (exact) mass is 267 g/mol. The van der Waals surface area contributed by atoms with Gasteiger partial charge in [-0.1, -0.05) is 12.8 Å². The topological polar surface area (TPSA) is 98.3 Å². The maximum atomic E-state index is 13.7. The van der Waals surface area contributed by atoms with Gasteiger partial charge in [-0.05, 0) is 18.9 Å². The molecule has 0 bridgehead atoms. The van der Waals surface area contributed by atoms with Gasteiger partial charge in [0.15, 0.2) is 0 Å².